The number of hydrogen-bond donors (Lipinski definition) is 1. The number of methoxy groups -OCH3 is 1. The van der Waals surface area contributed by atoms with Gasteiger partial charge in [0.15, 0.2) is 28.6 Å². The molecule has 4 rings (SSSR count). The maximum Gasteiger partial charge on any atom is 0.200 e. The predicted octanol–water partition coefficient (Wildman–Crippen LogP) is 2.75. The van der Waals surface area contributed by atoms with E-state index < -0.39 is 11.2 Å². The predicted molar refractivity (Wildman–Crippen MR) is 110 cm³/mol. The van der Waals surface area contributed by atoms with Crippen LogP contribution in [-0.4, -0.2) is 37.1 Å². The number of halogens is 2. The lowest BCUT2D eigenvalue weighted by Gasteiger charge is -2.32. The summed E-state index contributed by atoms with van der Waals surface area (Å²) in [6, 6.07) is 1.33. The van der Waals surface area contributed by atoms with E-state index in [2.05, 4.69) is 5.73 Å². The smallest absolute Gasteiger partial charge is 0.200 e. The Labute approximate surface area is 172 Å². The summed E-state index contributed by atoms with van der Waals surface area (Å²) in [5.41, 5.74) is 4.48. The minimum absolute atomic E-state index is 0.0457. The normalized spacial score (nSPS) is 18.6. The number of hydrogen-bond acceptors (Lipinski definition) is 4. The summed E-state index contributed by atoms with van der Waals surface area (Å²) in [6.07, 6.45) is 4.69. The molecule has 0 atom stereocenters. The van der Waals surface area contributed by atoms with Gasteiger partial charge in [-0.1, -0.05) is 0 Å². The number of ketones is 1. The van der Waals surface area contributed by atoms with Gasteiger partial charge in [0.25, 0.3) is 0 Å². The van der Waals surface area contributed by atoms with Gasteiger partial charge in [0.05, 0.1) is 23.6 Å². The third kappa shape index (κ3) is 3.39. The standard InChI is InChI=1S/C22H25F2N3O3/c1-12(28)16-11-27(14-5-6-14)19-15(21(16)29)8-17(23)20(22(19)30-2)26-7-3-4-13(10-26)18(24)9-25/h8,11,14H,3-7,9-10,25H2,1-2H3/p+1/b18-13+. The van der Waals surface area contributed by atoms with Crippen LogP contribution in [0.2, 0.25) is 0 Å². The van der Waals surface area contributed by atoms with Crippen LogP contribution in [0, 0.1) is 5.82 Å². The molecule has 0 unspecified atom stereocenters. The van der Waals surface area contributed by atoms with Gasteiger partial charge < -0.3 is 19.9 Å². The highest BCUT2D eigenvalue weighted by atomic mass is 19.1. The lowest BCUT2D eigenvalue weighted by atomic mass is 10.0. The first-order chi connectivity index (χ1) is 14.4. The number of ether oxygens (including phenoxy) is 1. The third-order valence-corrected chi connectivity index (χ3v) is 5.93. The average molecular weight is 418 g/mol. The van der Waals surface area contributed by atoms with Crippen molar-refractivity contribution in [1.29, 1.82) is 0 Å². The summed E-state index contributed by atoms with van der Waals surface area (Å²) in [5.74, 6) is -0.980. The number of anilines is 1. The molecule has 2 heterocycles. The van der Waals surface area contributed by atoms with Crippen LogP contribution in [0.1, 0.15) is 49.0 Å². The monoisotopic (exact) mass is 418 g/mol. The largest absolute Gasteiger partial charge is 0.492 e. The van der Waals surface area contributed by atoms with Gasteiger partial charge >= 0.3 is 0 Å². The van der Waals surface area contributed by atoms with Gasteiger partial charge in [-0.25, -0.2) is 8.78 Å². The van der Waals surface area contributed by atoms with Crippen LogP contribution in [0.15, 0.2) is 28.5 Å². The molecule has 1 aromatic carbocycles. The zero-order valence-electron chi connectivity index (χ0n) is 17.3. The van der Waals surface area contributed by atoms with E-state index in [1.807, 2.05) is 4.57 Å². The molecule has 1 saturated heterocycles. The van der Waals surface area contributed by atoms with E-state index in [0.717, 1.165) is 12.8 Å². The van der Waals surface area contributed by atoms with Crippen molar-refractivity contribution in [2.24, 2.45) is 0 Å². The van der Waals surface area contributed by atoms with Crippen molar-refractivity contribution >= 4 is 22.4 Å². The van der Waals surface area contributed by atoms with Gasteiger partial charge in [0.1, 0.15) is 12.2 Å². The molecule has 2 aliphatic rings. The van der Waals surface area contributed by atoms with Gasteiger partial charge in [0, 0.05) is 25.3 Å². The molecule has 1 saturated carbocycles. The zero-order chi connectivity index (χ0) is 21.6. The van der Waals surface area contributed by atoms with Crippen molar-refractivity contribution in [3.8, 4) is 5.75 Å². The molecule has 6 nitrogen and oxygen atoms in total. The second-order valence-corrected chi connectivity index (χ2v) is 7.99. The summed E-state index contributed by atoms with van der Waals surface area (Å²) in [7, 11) is 1.44. The molecule has 2 aromatic rings. The van der Waals surface area contributed by atoms with E-state index >= 15 is 4.39 Å². The van der Waals surface area contributed by atoms with Crippen molar-refractivity contribution in [2.45, 2.75) is 38.6 Å². The second-order valence-electron chi connectivity index (χ2n) is 7.99. The topological polar surface area (TPSA) is 79.2 Å². The third-order valence-electron chi connectivity index (χ3n) is 5.93. The second kappa shape index (κ2) is 7.83. The molecule has 8 heteroatoms. The van der Waals surface area contributed by atoms with E-state index in [4.69, 9.17) is 4.74 Å². The molecule has 0 bridgehead atoms. The Morgan fingerprint density at radius 3 is 2.70 bits per heavy atom. The molecule has 1 aromatic heterocycles. The van der Waals surface area contributed by atoms with Crippen molar-refractivity contribution in [3.05, 3.63) is 45.3 Å². The van der Waals surface area contributed by atoms with Crippen LogP contribution in [0.5, 0.6) is 5.75 Å². The number of aromatic nitrogens is 1. The summed E-state index contributed by atoms with van der Waals surface area (Å²) in [5, 5.41) is 0.129. The Kier molecular flexibility index (Phi) is 5.36. The molecule has 160 valence electrons. The summed E-state index contributed by atoms with van der Waals surface area (Å²) < 4.78 is 37.0. The quantitative estimate of drug-likeness (QED) is 0.758. The Balaban J connectivity index is 1.97. The average Bonchev–Trinajstić information content (AvgIpc) is 3.58. The molecule has 30 heavy (non-hydrogen) atoms. The number of rotatable bonds is 5. The molecule has 1 aliphatic carbocycles. The lowest BCUT2D eigenvalue weighted by Crippen LogP contribution is -2.51. The maximum absolute atomic E-state index is 15.3. The fraction of sp³-hybridized carbons (Fsp3) is 0.455. The van der Waals surface area contributed by atoms with Crippen molar-refractivity contribution in [2.75, 3.05) is 31.6 Å². The van der Waals surface area contributed by atoms with Crippen LogP contribution in [0.4, 0.5) is 14.5 Å². The number of fused-ring (bicyclic) bond motifs is 1. The molecular weight excluding hydrogens is 392 g/mol. The van der Waals surface area contributed by atoms with Crippen LogP contribution in [0.3, 0.4) is 0 Å². The van der Waals surface area contributed by atoms with E-state index in [0.29, 0.717) is 30.5 Å². The molecule has 0 radical (unpaired) electrons. The van der Waals surface area contributed by atoms with E-state index in [-0.39, 0.29) is 53.1 Å². The van der Waals surface area contributed by atoms with Crippen molar-refractivity contribution < 1.29 is 24.0 Å². The first-order valence-corrected chi connectivity index (χ1v) is 10.2. The first kappa shape index (κ1) is 20.5. The number of pyridine rings is 1. The highest BCUT2D eigenvalue weighted by Gasteiger charge is 2.31. The van der Waals surface area contributed by atoms with E-state index in [1.165, 1.54) is 20.1 Å². The Morgan fingerprint density at radius 2 is 2.10 bits per heavy atom. The lowest BCUT2D eigenvalue weighted by molar-refractivity contribution is -0.359. The molecule has 1 aliphatic heterocycles. The number of Topliss-reactive ketones (excluding diaryl/α,β-unsaturated/α-hetero) is 1. The fourth-order valence-electron chi connectivity index (χ4n) is 4.28. The molecule has 0 amide bonds. The summed E-state index contributed by atoms with van der Waals surface area (Å²) in [4.78, 5) is 26.7. The van der Waals surface area contributed by atoms with Crippen LogP contribution in [0.25, 0.3) is 10.9 Å². The number of benzene rings is 1. The number of quaternary nitrogens is 1. The highest BCUT2D eigenvalue weighted by Crippen LogP contribution is 2.44. The Hall–Kier alpha value is -2.74. The van der Waals surface area contributed by atoms with Gasteiger partial charge in [-0.05, 0) is 44.2 Å². The molecular formula is C22H26F2N3O3+. The molecule has 2 fully saturated rings. The minimum Gasteiger partial charge on any atom is -0.492 e. The highest BCUT2D eigenvalue weighted by molar-refractivity contribution is 5.99. The van der Waals surface area contributed by atoms with Crippen molar-refractivity contribution in [1.82, 2.24) is 4.57 Å². The van der Waals surface area contributed by atoms with Crippen molar-refractivity contribution in [3.63, 3.8) is 0 Å². The Morgan fingerprint density at radius 1 is 1.37 bits per heavy atom. The van der Waals surface area contributed by atoms with Gasteiger partial charge in [-0.15, -0.1) is 0 Å². The summed E-state index contributed by atoms with van der Waals surface area (Å²) >= 11 is 0. The van der Waals surface area contributed by atoms with Crippen LogP contribution < -0.4 is 20.8 Å². The fourth-order valence-corrected chi connectivity index (χ4v) is 4.28. The van der Waals surface area contributed by atoms with E-state index in [1.54, 1.807) is 11.1 Å². The Bertz CT molecular complexity index is 1120. The number of carbonyl (C=O) groups is 1. The number of nitrogens with zero attached hydrogens (tertiary/aromatic N) is 2. The summed E-state index contributed by atoms with van der Waals surface area (Å²) in [6.45, 7) is 2.20. The first-order valence-electron chi connectivity index (χ1n) is 10.2. The molecule has 3 N–H and O–H groups in total. The maximum atomic E-state index is 15.3. The van der Waals surface area contributed by atoms with Crippen LogP contribution in [-0.2, 0) is 0 Å². The SMILES string of the molecule is COc1c(N2CCC/C(=C(\F)C[NH3+])C2)c(F)cc2c(=O)c(C(C)=O)cn(C3CC3)c12. The molecule has 0 spiro atoms. The van der Waals surface area contributed by atoms with Crippen LogP contribution >= 0.6 is 0 Å². The van der Waals surface area contributed by atoms with Gasteiger partial charge in [-0.2, -0.15) is 0 Å². The van der Waals surface area contributed by atoms with Gasteiger partial charge in [0.2, 0.25) is 0 Å². The minimum atomic E-state index is -0.615. The zero-order valence-corrected chi connectivity index (χ0v) is 17.3. The van der Waals surface area contributed by atoms with Gasteiger partial charge in [-0.3, -0.25) is 9.59 Å². The van der Waals surface area contributed by atoms with E-state index in [9.17, 15) is 14.0 Å². The number of carbonyl (C=O) groups excluding carboxylic acids is 1. The number of piperidine rings is 1.